The van der Waals surface area contributed by atoms with E-state index in [1.54, 1.807) is 17.0 Å². The molecule has 0 fully saturated rings. The Labute approximate surface area is 168 Å². The molecule has 0 atom stereocenters. The summed E-state index contributed by atoms with van der Waals surface area (Å²) in [5, 5.41) is 12.2. The van der Waals surface area contributed by atoms with Crippen molar-refractivity contribution >= 4 is 40.6 Å². The van der Waals surface area contributed by atoms with Crippen LogP contribution in [0.1, 0.15) is 19.4 Å². The molecule has 2 aromatic heterocycles. The van der Waals surface area contributed by atoms with E-state index in [9.17, 15) is 4.79 Å². The molecule has 0 bridgehead atoms. The van der Waals surface area contributed by atoms with Gasteiger partial charge in [0.05, 0.1) is 18.1 Å². The zero-order valence-corrected chi connectivity index (χ0v) is 17.0. The molecule has 2 N–H and O–H groups in total. The Hall–Kier alpha value is -2.87. The van der Waals surface area contributed by atoms with Crippen LogP contribution >= 0.6 is 11.8 Å². The Kier molecular flexibility index (Phi) is 6.65. The summed E-state index contributed by atoms with van der Waals surface area (Å²) in [5.74, 6) is 0.646. The molecule has 3 aromatic rings. The number of aromatic nitrogens is 4. The summed E-state index contributed by atoms with van der Waals surface area (Å²) in [4.78, 5) is 21.1. The lowest BCUT2D eigenvalue weighted by atomic mass is 10.2. The molecular weight excluding hydrogens is 372 g/mol. The van der Waals surface area contributed by atoms with Crippen molar-refractivity contribution in [3.63, 3.8) is 0 Å². The summed E-state index contributed by atoms with van der Waals surface area (Å²) in [7, 11) is 0. The molecule has 8 heteroatoms. The summed E-state index contributed by atoms with van der Waals surface area (Å²) in [6.45, 7) is 5.12. The van der Waals surface area contributed by atoms with Gasteiger partial charge in [0.15, 0.2) is 10.8 Å². The molecule has 1 amide bonds. The predicted molar refractivity (Wildman–Crippen MR) is 114 cm³/mol. The fourth-order valence-electron chi connectivity index (χ4n) is 2.65. The number of thioether (sulfide) groups is 1. The van der Waals surface area contributed by atoms with Crippen molar-refractivity contribution in [2.45, 2.75) is 31.6 Å². The van der Waals surface area contributed by atoms with E-state index in [1.807, 2.05) is 36.6 Å². The first-order valence-electron chi connectivity index (χ1n) is 9.12. The number of amides is 1. The first-order chi connectivity index (χ1) is 13.6. The average Bonchev–Trinajstić information content (AvgIpc) is 3.10. The minimum atomic E-state index is -0.137. The topological polar surface area (TPSA) is 84.7 Å². The van der Waals surface area contributed by atoms with Gasteiger partial charge in [0, 0.05) is 18.7 Å². The molecule has 1 aromatic carbocycles. The minimum Gasteiger partial charge on any atom is -0.367 e. The van der Waals surface area contributed by atoms with Gasteiger partial charge in [-0.15, -0.1) is 0 Å². The number of benzene rings is 1. The third kappa shape index (κ3) is 5.10. The van der Waals surface area contributed by atoms with Gasteiger partial charge in [-0.1, -0.05) is 42.1 Å². The Balaban J connectivity index is 1.66. The fourth-order valence-corrected chi connectivity index (χ4v) is 3.01. The number of carbonyl (C=O) groups excluding carboxylic acids is 1. The van der Waals surface area contributed by atoms with Gasteiger partial charge in [-0.25, -0.2) is 14.6 Å². The molecule has 0 unspecified atom stereocenters. The van der Waals surface area contributed by atoms with E-state index in [2.05, 4.69) is 39.5 Å². The summed E-state index contributed by atoms with van der Waals surface area (Å²) in [6, 6.07) is 9.98. The van der Waals surface area contributed by atoms with Gasteiger partial charge in [0.1, 0.15) is 5.82 Å². The zero-order valence-electron chi connectivity index (χ0n) is 16.2. The molecule has 3 rings (SSSR count). The van der Waals surface area contributed by atoms with Crippen LogP contribution in [0, 0.1) is 0 Å². The number of hydrogen-bond donors (Lipinski definition) is 2. The van der Waals surface area contributed by atoms with Crippen molar-refractivity contribution in [2.24, 2.45) is 0 Å². The normalized spacial score (nSPS) is 11.4. The summed E-state index contributed by atoms with van der Waals surface area (Å²) >= 11 is 1.49. The van der Waals surface area contributed by atoms with Crippen LogP contribution in [0.25, 0.3) is 17.1 Å². The van der Waals surface area contributed by atoms with Gasteiger partial charge >= 0.3 is 0 Å². The molecule has 146 valence electrons. The van der Waals surface area contributed by atoms with Crippen LogP contribution in [-0.2, 0) is 11.3 Å². The van der Waals surface area contributed by atoms with E-state index >= 15 is 0 Å². The fraction of sp³-hybridized carbons (Fsp3) is 0.300. The molecule has 0 saturated heterocycles. The van der Waals surface area contributed by atoms with E-state index in [0.29, 0.717) is 18.2 Å². The van der Waals surface area contributed by atoms with Crippen LogP contribution in [0.15, 0.2) is 47.8 Å². The summed E-state index contributed by atoms with van der Waals surface area (Å²) < 4.78 is 1.80. The standard InChI is InChI=1S/C20H24N6OS/c1-14(2)23-18-16-13-22-26(19(16)25-20(24-18)28-3)12-11-21-17(27)10-9-15-7-5-4-6-8-15/h4-10,13-14H,11-12H2,1-3H3,(H,21,27)(H,23,24,25)/b10-9-. The lowest BCUT2D eigenvalue weighted by Gasteiger charge is -2.11. The molecule has 2 heterocycles. The quantitative estimate of drug-likeness (QED) is 0.346. The molecule has 7 nitrogen and oxygen atoms in total. The largest absolute Gasteiger partial charge is 0.367 e. The van der Waals surface area contributed by atoms with Gasteiger partial charge in [-0.05, 0) is 31.7 Å². The van der Waals surface area contributed by atoms with Gasteiger partial charge < -0.3 is 10.6 Å². The number of carbonyl (C=O) groups is 1. The van der Waals surface area contributed by atoms with E-state index in [4.69, 9.17) is 0 Å². The maximum atomic E-state index is 12.0. The van der Waals surface area contributed by atoms with Crippen LogP contribution in [0.4, 0.5) is 5.82 Å². The number of nitrogens with zero attached hydrogens (tertiary/aromatic N) is 4. The highest BCUT2D eigenvalue weighted by Gasteiger charge is 2.13. The number of hydrogen-bond acceptors (Lipinski definition) is 6. The van der Waals surface area contributed by atoms with Crippen molar-refractivity contribution in [2.75, 3.05) is 18.1 Å². The predicted octanol–water partition coefficient (Wildman–Crippen LogP) is 3.20. The van der Waals surface area contributed by atoms with Gasteiger partial charge in [0.2, 0.25) is 5.91 Å². The Morgan fingerprint density at radius 1 is 1.25 bits per heavy atom. The average molecular weight is 397 g/mol. The van der Waals surface area contributed by atoms with E-state index in [1.165, 1.54) is 17.8 Å². The second-order valence-corrected chi connectivity index (χ2v) is 7.27. The van der Waals surface area contributed by atoms with Crippen LogP contribution in [0.3, 0.4) is 0 Å². The van der Waals surface area contributed by atoms with Crippen LogP contribution < -0.4 is 10.6 Å². The second kappa shape index (κ2) is 9.36. The SMILES string of the molecule is CSc1nc(NC(C)C)c2cnn(CCNC(=O)/C=C\c3ccccc3)c2n1. The van der Waals surface area contributed by atoms with Crippen LogP contribution in [0.2, 0.25) is 0 Å². The van der Waals surface area contributed by atoms with E-state index in [-0.39, 0.29) is 11.9 Å². The first kappa shape index (κ1) is 19.9. The smallest absolute Gasteiger partial charge is 0.244 e. The molecule has 0 aliphatic heterocycles. The molecule has 0 aliphatic rings. The molecule has 0 spiro atoms. The van der Waals surface area contributed by atoms with Crippen LogP contribution in [0.5, 0.6) is 0 Å². The summed E-state index contributed by atoms with van der Waals surface area (Å²) in [6.07, 6.45) is 7.04. The van der Waals surface area contributed by atoms with Gasteiger partial charge in [0.25, 0.3) is 0 Å². The maximum Gasteiger partial charge on any atom is 0.244 e. The molecule has 0 radical (unpaired) electrons. The van der Waals surface area contributed by atoms with Crippen LogP contribution in [-0.4, -0.2) is 44.5 Å². The van der Waals surface area contributed by atoms with E-state index in [0.717, 1.165) is 22.4 Å². The lowest BCUT2D eigenvalue weighted by Crippen LogP contribution is -2.25. The first-order valence-corrected chi connectivity index (χ1v) is 10.3. The number of fused-ring (bicyclic) bond motifs is 1. The monoisotopic (exact) mass is 396 g/mol. The van der Waals surface area contributed by atoms with Gasteiger partial charge in [-0.3, -0.25) is 4.79 Å². The second-order valence-electron chi connectivity index (χ2n) is 6.50. The maximum absolute atomic E-state index is 12.0. The van der Waals surface area contributed by atoms with Crippen molar-refractivity contribution in [3.05, 3.63) is 48.2 Å². The zero-order chi connectivity index (χ0) is 19.9. The van der Waals surface area contributed by atoms with Crippen molar-refractivity contribution in [3.8, 4) is 0 Å². The highest BCUT2D eigenvalue weighted by atomic mass is 32.2. The van der Waals surface area contributed by atoms with Gasteiger partial charge in [-0.2, -0.15) is 5.10 Å². The third-order valence-corrected chi connectivity index (χ3v) is 4.48. The number of anilines is 1. The highest BCUT2D eigenvalue weighted by Crippen LogP contribution is 2.23. The number of rotatable bonds is 8. The van der Waals surface area contributed by atoms with E-state index < -0.39 is 0 Å². The highest BCUT2D eigenvalue weighted by molar-refractivity contribution is 7.98. The Morgan fingerprint density at radius 3 is 2.75 bits per heavy atom. The lowest BCUT2D eigenvalue weighted by molar-refractivity contribution is -0.116. The van der Waals surface area contributed by atoms with Crippen molar-refractivity contribution < 1.29 is 4.79 Å². The number of nitrogens with one attached hydrogen (secondary N) is 2. The van der Waals surface area contributed by atoms with Crippen molar-refractivity contribution in [1.82, 2.24) is 25.1 Å². The Bertz CT molecular complexity index is 967. The third-order valence-electron chi connectivity index (χ3n) is 3.93. The Morgan fingerprint density at radius 2 is 2.04 bits per heavy atom. The minimum absolute atomic E-state index is 0.137. The molecule has 0 aliphatic carbocycles. The van der Waals surface area contributed by atoms with Crippen molar-refractivity contribution in [1.29, 1.82) is 0 Å². The summed E-state index contributed by atoms with van der Waals surface area (Å²) in [5.41, 5.74) is 1.75. The molecule has 0 saturated carbocycles. The molecule has 28 heavy (non-hydrogen) atoms. The molecular formula is C20H24N6OS.